The monoisotopic (exact) mass is 526 g/mol. The van der Waals surface area contributed by atoms with Gasteiger partial charge in [0.15, 0.2) is 34.0 Å². The number of ether oxygens (including phenoxy) is 9. The third kappa shape index (κ3) is 28.8. The molecule has 0 heterocycles. The van der Waals surface area contributed by atoms with Crippen molar-refractivity contribution in [3.8, 4) is 0 Å². The van der Waals surface area contributed by atoms with Crippen LogP contribution in [0.25, 0.3) is 0 Å². The largest absolute Gasteiger partial charge is 0.377 e. The number of rotatable bonds is 27. The molecule has 13 nitrogen and oxygen atoms in total. The molecule has 0 aliphatic heterocycles. The Morgan fingerprint density at radius 3 is 1.50 bits per heavy atom. The summed E-state index contributed by atoms with van der Waals surface area (Å²) < 4.78 is 46.4. The first-order valence-corrected chi connectivity index (χ1v) is 12.2. The summed E-state index contributed by atoms with van der Waals surface area (Å²) in [6.45, 7) is 10.4. The predicted molar refractivity (Wildman–Crippen MR) is 128 cm³/mol. The maximum Gasteiger partial charge on any atom is 0.220 e. The lowest BCUT2D eigenvalue weighted by atomic mass is 10.1. The quantitative estimate of drug-likeness (QED) is 0.118. The van der Waals surface area contributed by atoms with Crippen LogP contribution in [0.15, 0.2) is 0 Å². The normalized spacial score (nSPS) is 11.4. The van der Waals surface area contributed by atoms with Crippen LogP contribution in [0.3, 0.4) is 0 Å². The molecule has 0 atom stereocenters. The van der Waals surface area contributed by atoms with E-state index >= 15 is 0 Å². The standard InChI is InChI=1S/C23H46N2O11/c1-20(2)7-9-29-13-31-15-33-17-35-19-36-18-34-16-32-14-30-12-11-28-10-8-24-22(26)5-6-23(27)25-21(3)4/h20-21H,5-19H2,1-4H3,(H,24,26)(H,25,27). The fourth-order valence-electron chi connectivity index (χ4n) is 2.25. The maximum atomic E-state index is 11.6. The van der Waals surface area contributed by atoms with Crippen molar-refractivity contribution in [2.45, 2.75) is 53.0 Å². The van der Waals surface area contributed by atoms with Crippen LogP contribution in [0.2, 0.25) is 0 Å². The molecular weight excluding hydrogens is 480 g/mol. The van der Waals surface area contributed by atoms with Crippen LogP contribution < -0.4 is 10.6 Å². The molecule has 0 aromatic rings. The van der Waals surface area contributed by atoms with Crippen molar-refractivity contribution in [3.63, 3.8) is 0 Å². The van der Waals surface area contributed by atoms with Gasteiger partial charge in [-0.15, -0.1) is 0 Å². The number of carbonyl (C=O) groups is 2. The number of amides is 2. The second kappa shape index (κ2) is 26.6. The molecule has 0 spiro atoms. The molecule has 13 heteroatoms. The van der Waals surface area contributed by atoms with E-state index in [0.717, 1.165) is 6.42 Å². The Bertz CT molecular complexity index is 510. The van der Waals surface area contributed by atoms with E-state index in [0.29, 0.717) is 38.9 Å². The van der Waals surface area contributed by atoms with Gasteiger partial charge in [-0.2, -0.15) is 0 Å². The highest BCUT2D eigenvalue weighted by atomic mass is 16.8. The lowest BCUT2D eigenvalue weighted by Crippen LogP contribution is -2.32. The van der Waals surface area contributed by atoms with Crippen molar-refractivity contribution in [1.29, 1.82) is 0 Å². The molecule has 0 aromatic heterocycles. The second-order valence-electron chi connectivity index (χ2n) is 8.23. The molecule has 0 fully saturated rings. The van der Waals surface area contributed by atoms with E-state index in [9.17, 15) is 9.59 Å². The molecule has 0 unspecified atom stereocenters. The fourth-order valence-corrected chi connectivity index (χ4v) is 2.25. The summed E-state index contributed by atoms with van der Waals surface area (Å²) >= 11 is 0. The topological polar surface area (TPSA) is 141 Å². The Labute approximate surface area is 214 Å². The highest BCUT2D eigenvalue weighted by Crippen LogP contribution is 1.98. The van der Waals surface area contributed by atoms with E-state index in [1.165, 1.54) is 0 Å². The molecule has 0 aromatic carbocycles. The zero-order valence-corrected chi connectivity index (χ0v) is 22.3. The summed E-state index contributed by atoms with van der Waals surface area (Å²) in [6.07, 6.45) is 1.31. The third-order valence-electron chi connectivity index (χ3n) is 3.98. The smallest absolute Gasteiger partial charge is 0.220 e. The highest BCUT2D eigenvalue weighted by molar-refractivity contribution is 5.83. The number of carbonyl (C=O) groups excluding carboxylic acids is 2. The van der Waals surface area contributed by atoms with E-state index in [1.54, 1.807) is 0 Å². The molecule has 0 rings (SSSR count). The summed E-state index contributed by atoms with van der Waals surface area (Å²) in [5.74, 6) is 0.283. The molecule has 0 bridgehead atoms. The predicted octanol–water partition coefficient (Wildman–Crippen LogP) is 1.31. The average Bonchev–Trinajstić information content (AvgIpc) is 2.82. The van der Waals surface area contributed by atoms with Crippen LogP contribution in [0.1, 0.15) is 47.0 Å². The van der Waals surface area contributed by atoms with Crippen LogP contribution in [0.4, 0.5) is 0 Å². The highest BCUT2D eigenvalue weighted by Gasteiger charge is 2.07. The number of hydrogen-bond acceptors (Lipinski definition) is 11. The summed E-state index contributed by atoms with van der Waals surface area (Å²) in [7, 11) is 0. The van der Waals surface area contributed by atoms with Crippen molar-refractivity contribution in [2.75, 3.05) is 80.5 Å². The minimum atomic E-state index is -0.186. The van der Waals surface area contributed by atoms with E-state index in [4.69, 9.17) is 42.6 Å². The van der Waals surface area contributed by atoms with Gasteiger partial charge in [-0.3, -0.25) is 9.59 Å². The van der Waals surface area contributed by atoms with Gasteiger partial charge in [0.2, 0.25) is 11.8 Å². The van der Waals surface area contributed by atoms with E-state index in [1.807, 2.05) is 13.8 Å². The number of hydrogen-bond donors (Lipinski definition) is 2. The zero-order chi connectivity index (χ0) is 26.7. The van der Waals surface area contributed by atoms with Crippen molar-refractivity contribution in [3.05, 3.63) is 0 Å². The summed E-state index contributed by atoms with van der Waals surface area (Å²) in [5, 5.41) is 5.43. The lowest BCUT2D eigenvalue weighted by Gasteiger charge is -2.10. The lowest BCUT2D eigenvalue weighted by molar-refractivity contribution is -0.221. The van der Waals surface area contributed by atoms with Gasteiger partial charge in [-0.25, -0.2) is 0 Å². The van der Waals surface area contributed by atoms with Gasteiger partial charge >= 0.3 is 0 Å². The van der Waals surface area contributed by atoms with E-state index in [-0.39, 0.29) is 78.2 Å². The molecule has 36 heavy (non-hydrogen) atoms. The van der Waals surface area contributed by atoms with E-state index in [2.05, 4.69) is 24.5 Å². The Kier molecular flexibility index (Phi) is 25.6. The van der Waals surface area contributed by atoms with Crippen molar-refractivity contribution < 1.29 is 52.2 Å². The van der Waals surface area contributed by atoms with Gasteiger partial charge in [0, 0.05) is 32.0 Å². The molecule has 0 radical (unpaired) electrons. The van der Waals surface area contributed by atoms with Crippen LogP contribution in [0.5, 0.6) is 0 Å². The minimum absolute atomic E-state index is 0.00256. The Hall–Kier alpha value is -1.42. The Morgan fingerprint density at radius 2 is 1.00 bits per heavy atom. The Morgan fingerprint density at radius 1 is 0.556 bits per heavy atom. The van der Waals surface area contributed by atoms with Crippen molar-refractivity contribution in [1.82, 2.24) is 10.6 Å². The van der Waals surface area contributed by atoms with Gasteiger partial charge in [0.25, 0.3) is 0 Å². The first-order chi connectivity index (χ1) is 17.4. The molecule has 0 aliphatic rings. The first kappa shape index (κ1) is 34.6. The summed E-state index contributed by atoms with van der Waals surface area (Å²) in [6, 6.07) is 0.0660. The molecule has 0 saturated heterocycles. The van der Waals surface area contributed by atoms with Gasteiger partial charge in [0.05, 0.1) is 19.8 Å². The van der Waals surface area contributed by atoms with Crippen LogP contribution in [-0.2, 0) is 52.2 Å². The van der Waals surface area contributed by atoms with E-state index < -0.39 is 0 Å². The van der Waals surface area contributed by atoms with Gasteiger partial charge in [0.1, 0.15) is 13.6 Å². The Balaban J connectivity index is 3.16. The summed E-state index contributed by atoms with van der Waals surface area (Å²) in [5.41, 5.74) is 0. The molecule has 2 N–H and O–H groups in total. The van der Waals surface area contributed by atoms with Crippen molar-refractivity contribution >= 4 is 11.8 Å². The molecule has 0 saturated carbocycles. The average molecular weight is 527 g/mol. The van der Waals surface area contributed by atoms with Gasteiger partial charge < -0.3 is 53.3 Å². The maximum absolute atomic E-state index is 11.6. The van der Waals surface area contributed by atoms with Crippen LogP contribution >= 0.6 is 0 Å². The van der Waals surface area contributed by atoms with Crippen LogP contribution in [-0.4, -0.2) is 98.4 Å². The fraction of sp³-hybridized carbons (Fsp3) is 0.913. The first-order valence-electron chi connectivity index (χ1n) is 12.2. The number of nitrogens with one attached hydrogen (secondary N) is 2. The second-order valence-corrected chi connectivity index (χ2v) is 8.23. The third-order valence-corrected chi connectivity index (χ3v) is 3.98. The molecule has 2 amide bonds. The molecular formula is C23H46N2O11. The zero-order valence-electron chi connectivity index (χ0n) is 22.3. The van der Waals surface area contributed by atoms with Crippen molar-refractivity contribution in [2.24, 2.45) is 5.92 Å². The van der Waals surface area contributed by atoms with Crippen LogP contribution in [0, 0.1) is 5.92 Å². The molecule has 0 aliphatic carbocycles. The molecule has 214 valence electrons. The van der Waals surface area contributed by atoms with Gasteiger partial charge in [-0.1, -0.05) is 13.8 Å². The SMILES string of the molecule is CC(C)CCOCOCOCOCOCOCOCOCCOCCNC(=O)CCC(=O)NC(C)C. The summed E-state index contributed by atoms with van der Waals surface area (Å²) in [4.78, 5) is 23.1. The van der Waals surface area contributed by atoms with Gasteiger partial charge in [-0.05, 0) is 26.2 Å². The minimum Gasteiger partial charge on any atom is -0.377 e.